The van der Waals surface area contributed by atoms with Crippen LogP contribution in [0.4, 0.5) is 5.69 Å². The summed E-state index contributed by atoms with van der Waals surface area (Å²) in [5.41, 5.74) is 3.03. The van der Waals surface area contributed by atoms with Crippen molar-refractivity contribution >= 4 is 28.5 Å². The standard InChI is InChI=1S/C23H28N2O3S/c1-17-7-4-8-19(15-17)28-13-5-9-22(26)25-12-6-14-29-23(25)24-20-16-18(2)10-11-21(20)27-3/h4,7-8,10-11,15-16H,5-6,9,12-14H2,1-3H3. The molecule has 0 atom stereocenters. The average Bonchev–Trinajstić information content (AvgIpc) is 2.72. The molecular weight excluding hydrogens is 384 g/mol. The molecule has 29 heavy (non-hydrogen) atoms. The van der Waals surface area contributed by atoms with Crippen molar-refractivity contribution in [2.45, 2.75) is 33.1 Å². The van der Waals surface area contributed by atoms with Crippen molar-refractivity contribution in [3.05, 3.63) is 53.6 Å². The number of aryl methyl sites for hydroxylation is 2. The van der Waals surface area contributed by atoms with Crippen LogP contribution in [0.3, 0.4) is 0 Å². The first-order chi connectivity index (χ1) is 14.1. The van der Waals surface area contributed by atoms with Crippen molar-refractivity contribution < 1.29 is 14.3 Å². The molecule has 1 amide bonds. The third-order valence-corrected chi connectivity index (χ3v) is 5.70. The van der Waals surface area contributed by atoms with Gasteiger partial charge in [-0.1, -0.05) is 30.0 Å². The number of methoxy groups -OCH3 is 1. The molecule has 154 valence electrons. The van der Waals surface area contributed by atoms with Crippen LogP contribution >= 0.6 is 11.8 Å². The third kappa shape index (κ3) is 6.00. The highest BCUT2D eigenvalue weighted by molar-refractivity contribution is 8.13. The van der Waals surface area contributed by atoms with E-state index >= 15 is 0 Å². The number of rotatable bonds is 7. The van der Waals surface area contributed by atoms with Gasteiger partial charge in [-0.25, -0.2) is 4.99 Å². The van der Waals surface area contributed by atoms with Gasteiger partial charge in [0.15, 0.2) is 5.17 Å². The second kappa shape index (κ2) is 10.3. The molecule has 1 heterocycles. The van der Waals surface area contributed by atoms with Crippen LogP contribution < -0.4 is 9.47 Å². The number of carbonyl (C=O) groups is 1. The Balaban J connectivity index is 1.61. The van der Waals surface area contributed by atoms with E-state index in [0.29, 0.717) is 31.7 Å². The second-order valence-corrected chi connectivity index (χ2v) is 8.15. The number of benzene rings is 2. The number of nitrogens with zero attached hydrogens (tertiary/aromatic N) is 2. The maximum Gasteiger partial charge on any atom is 0.228 e. The van der Waals surface area contributed by atoms with Crippen LogP contribution in [0.25, 0.3) is 0 Å². The molecule has 1 aliphatic rings. The smallest absolute Gasteiger partial charge is 0.228 e. The number of amidine groups is 1. The number of thioether (sulfide) groups is 1. The van der Waals surface area contributed by atoms with E-state index in [1.165, 1.54) is 0 Å². The SMILES string of the molecule is COc1ccc(C)cc1N=C1SCCCN1C(=O)CCCOc1cccc(C)c1. The van der Waals surface area contributed by atoms with E-state index in [0.717, 1.165) is 39.9 Å². The van der Waals surface area contributed by atoms with Gasteiger partial charge in [0.2, 0.25) is 5.91 Å². The number of amides is 1. The zero-order valence-corrected chi connectivity index (χ0v) is 18.1. The van der Waals surface area contributed by atoms with Crippen LogP contribution in [-0.4, -0.2) is 42.0 Å². The quantitative estimate of drug-likeness (QED) is 0.592. The number of carbonyl (C=O) groups excluding carboxylic acids is 1. The summed E-state index contributed by atoms with van der Waals surface area (Å²) in [6.45, 7) is 5.29. The van der Waals surface area contributed by atoms with Crippen LogP contribution in [0.1, 0.15) is 30.4 Å². The maximum absolute atomic E-state index is 12.8. The van der Waals surface area contributed by atoms with Crippen LogP contribution in [0.15, 0.2) is 47.5 Å². The Morgan fingerprint density at radius 1 is 1.17 bits per heavy atom. The third-order valence-electron chi connectivity index (χ3n) is 4.63. The highest BCUT2D eigenvalue weighted by Gasteiger charge is 2.23. The first-order valence-electron chi connectivity index (χ1n) is 9.93. The Labute approximate surface area is 177 Å². The summed E-state index contributed by atoms with van der Waals surface area (Å²) in [5.74, 6) is 2.62. The number of hydrogen-bond donors (Lipinski definition) is 0. The van der Waals surface area contributed by atoms with Crippen LogP contribution in [0.5, 0.6) is 11.5 Å². The number of hydrogen-bond acceptors (Lipinski definition) is 5. The topological polar surface area (TPSA) is 51.1 Å². The zero-order chi connectivity index (χ0) is 20.6. The molecule has 0 aliphatic carbocycles. The molecule has 5 nitrogen and oxygen atoms in total. The zero-order valence-electron chi connectivity index (χ0n) is 17.3. The molecule has 0 bridgehead atoms. The fourth-order valence-corrected chi connectivity index (χ4v) is 4.10. The van der Waals surface area contributed by atoms with E-state index in [1.54, 1.807) is 18.9 Å². The normalized spacial score (nSPS) is 15.4. The molecule has 2 aromatic carbocycles. The van der Waals surface area contributed by atoms with Crippen molar-refractivity contribution in [1.82, 2.24) is 4.90 Å². The summed E-state index contributed by atoms with van der Waals surface area (Å²) in [4.78, 5) is 19.4. The monoisotopic (exact) mass is 412 g/mol. The second-order valence-electron chi connectivity index (χ2n) is 7.09. The summed E-state index contributed by atoms with van der Waals surface area (Å²) in [5, 5.41) is 0.754. The molecule has 1 fully saturated rings. The fourth-order valence-electron chi connectivity index (χ4n) is 3.13. The summed E-state index contributed by atoms with van der Waals surface area (Å²) < 4.78 is 11.2. The average molecular weight is 413 g/mol. The van der Waals surface area contributed by atoms with Gasteiger partial charge in [0.05, 0.1) is 13.7 Å². The van der Waals surface area contributed by atoms with Crippen LogP contribution in [0, 0.1) is 13.8 Å². The molecule has 0 unspecified atom stereocenters. The summed E-state index contributed by atoms with van der Waals surface area (Å²) in [6, 6.07) is 13.8. The Kier molecular flexibility index (Phi) is 7.58. The molecule has 6 heteroatoms. The first kappa shape index (κ1) is 21.2. The lowest BCUT2D eigenvalue weighted by Gasteiger charge is -2.28. The van der Waals surface area contributed by atoms with E-state index < -0.39 is 0 Å². The minimum absolute atomic E-state index is 0.0930. The first-order valence-corrected chi connectivity index (χ1v) is 10.9. The van der Waals surface area contributed by atoms with E-state index in [-0.39, 0.29) is 5.91 Å². The van der Waals surface area contributed by atoms with E-state index in [4.69, 9.17) is 14.5 Å². The lowest BCUT2D eigenvalue weighted by molar-refractivity contribution is -0.127. The molecule has 2 aromatic rings. The van der Waals surface area contributed by atoms with Crippen molar-refractivity contribution in [3.63, 3.8) is 0 Å². The molecule has 0 N–H and O–H groups in total. The summed E-state index contributed by atoms with van der Waals surface area (Å²) in [6.07, 6.45) is 2.09. The highest BCUT2D eigenvalue weighted by atomic mass is 32.2. The van der Waals surface area contributed by atoms with Gasteiger partial charge in [0.25, 0.3) is 0 Å². The van der Waals surface area contributed by atoms with Crippen molar-refractivity contribution in [3.8, 4) is 11.5 Å². The minimum atomic E-state index is 0.0930. The highest BCUT2D eigenvalue weighted by Crippen LogP contribution is 2.31. The summed E-state index contributed by atoms with van der Waals surface area (Å²) >= 11 is 1.63. The maximum atomic E-state index is 12.8. The molecule has 1 saturated heterocycles. The summed E-state index contributed by atoms with van der Waals surface area (Å²) in [7, 11) is 1.64. The molecule has 1 aliphatic heterocycles. The Morgan fingerprint density at radius 2 is 2.00 bits per heavy atom. The van der Waals surface area contributed by atoms with Gasteiger partial charge in [-0.3, -0.25) is 9.69 Å². The van der Waals surface area contributed by atoms with Gasteiger partial charge in [0.1, 0.15) is 17.2 Å². The Bertz CT molecular complexity index is 882. The molecule has 0 saturated carbocycles. The molecular formula is C23H28N2O3S. The van der Waals surface area contributed by atoms with E-state index in [9.17, 15) is 4.79 Å². The largest absolute Gasteiger partial charge is 0.494 e. The van der Waals surface area contributed by atoms with Crippen LogP contribution in [0.2, 0.25) is 0 Å². The van der Waals surface area contributed by atoms with Gasteiger partial charge in [-0.05, 0) is 62.1 Å². The lowest BCUT2D eigenvalue weighted by Crippen LogP contribution is -2.39. The molecule has 3 rings (SSSR count). The van der Waals surface area contributed by atoms with Crippen molar-refractivity contribution in [2.24, 2.45) is 4.99 Å². The number of ether oxygens (including phenoxy) is 2. The van der Waals surface area contributed by atoms with Crippen molar-refractivity contribution in [1.29, 1.82) is 0 Å². The van der Waals surface area contributed by atoms with Crippen molar-refractivity contribution in [2.75, 3.05) is 26.0 Å². The fraction of sp³-hybridized carbons (Fsp3) is 0.391. The molecule has 0 radical (unpaired) electrons. The van der Waals surface area contributed by atoms with Gasteiger partial charge >= 0.3 is 0 Å². The van der Waals surface area contributed by atoms with Gasteiger partial charge in [-0.2, -0.15) is 0 Å². The molecule has 0 aromatic heterocycles. The van der Waals surface area contributed by atoms with Gasteiger partial charge in [-0.15, -0.1) is 0 Å². The van der Waals surface area contributed by atoms with Gasteiger partial charge < -0.3 is 9.47 Å². The van der Waals surface area contributed by atoms with Gasteiger partial charge in [0, 0.05) is 18.7 Å². The number of aliphatic imine (C=N–C) groups is 1. The predicted octanol–water partition coefficient (Wildman–Crippen LogP) is 5.12. The van der Waals surface area contributed by atoms with Crippen LogP contribution in [-0.2, 0) is 4.79 Å². The molecule has 0 spiro atoms. The Hall–Kier alpha value is -2.47. The lowest BCUT2D eigenvalue weighted by atomic mass is 10.2. The Morgan fingerprint density at radius 3 is 2.79 bits per heavy atom. The minimum Gasteiger partial charge on any atom is -0.494 e. The van der Waals surface area contributed by atoms with E-state index in [2.05, 4.69) is 0 Å². The van der Waals surface area contributed by atoms with E-state index in [1.807, 2.05) is 61.2 Å². The predicted molar refractivity (Wildman–Crippen MR) is 120 cm³/mol.